The maximum Gasteiger partial charge on any atom is 0.326 e. The number of carbonyl (C=O) groups is 2. The standard InChI is InChI=1S/C30H33N3O5.C20H21NO5.C10H12N2/c1-20(35)29-26(19-34)28(30(36)31-16-15-22-17-32-27-10-6-5-9-25(22)27)33(38-29)18-21-11-13-24(14-12-21)37-23-7-3-2-4-8-23;1-13(22)19-17-12-24-20(23)18(17)21(26-19)11-14-7-9-16(10-8-14)25-15-5-3-2-4-6-15;11-6-5-8-7-12-10-4-2-1-3-9(8)10/h2-14,17,20,26,28-29,32,34-35H,15-16,18-19H2,1H3,(H,31,36);2-10,13,17-19,22H,11-12H2,1H3;1-4,7,12H,5-6,11H2/t20-,26-,28-,29-;13-,17-,18-,19-;/m00./s1. The number of nitrogens with two attached hydrogens (primary N) is 1. The number of esters is 1. The number of ether oxygens (including phenoxy) is 3. The summed E-state index contributed by atoms with van der Waals surface area (Å²) in [6.07, 6.45) is 2.99. The third-order valence-corrected chi connectivity index (χ3v) is 13.8. The van der Waals surface area contributed by atoms with Crippen molar-refractivity contribution < 1.29 is 48.8 Å². The number of cyclic esters (lactones) is 1. The minimum Gasteiger partial charge on any atom is -0.464 e. The molecule has 0 spiro atoms. The first-order valence-electron chi connectivity index (χ1n) is 25.8. The Hall–Kier alpha value is -7.38. The number of benzene rings is 6. The lowest BCUT2D eigenvalue weighted by Gasteiger charge is -2.24. The largest absolute Gasteiger partial charge is 0.464 e. The number of hydrogen-bond donors (Lipinski definition) is 7. The quantitative estimate of drug-likeness (QED) is 0.0431. The molecule has 8 aromatic rings. The van der Waals surface area contributed by atoms with Crippen LogP contribution in [-0.2, 0) is 49.9 Å². The second-order valence-electron chi connectivity index (χ2n) is 19.2. The molecule has 396 valence electrons. The van der Waals surface area contributed by atoms with Crippen molar-refractivity contribution in [1.29, 1.82) is 0 Å². The Morgan fingerprint density at radius 3 is 1.64 bits per heavy atom. The van der Waals surface area contributed by atoms with Crippen LogP contribution in [0.25, 0.3) is 21.8 Å². The molecule has 8 atom stereocenters. The smallest absolute Gasteiger partial charge is 0.326 e. The van der Waals surface area contributed by atoms with E-state index in [2.05, 4.69) is 39.6 Å². The van der Waals surface area contributed by atoms with Crippen LogP contribution in [0.3, 0.4) is 0 Å². The Morgan fingerprint density at radius 1 is 0.658 bits per heavy atom. The van der Waals surface area contributed by atoms with Crippen molar-refractivity contribution in [3.8, 4) is 23.0 Å². The van der Waals surface area contributed by atoms with E-state index in [1.807, 2.05) is 146 Å². The fourth-order valence-corrected chi connectivity index (χ4v) is 10.0. The zero-order valence-electron chi connectivity index (χ0n) is 42.6. The lowest BCUT2D eigenvalue weighted by atomic mass is 9.92. The molecule has 0 aliphatic carbocycles. The number of rotatable bonds is 17. The van der Waals surface area contributed by atoms with E-state index in [0.29, 0.717) is 45.0 Å². The summed E-state index contributed by atoms with van der Waals surface area (Å²) >= 11 is 0. The van der Waals surface area contributed by atoms with Crippen LogP contribution in [0.4, 0.5) is 0 Å². The number of amides is 1. The van der Waals surface area contributed by atoms with Crippen LogP contribution in [0.15, 0.2) is 170 Å². The molecule has 0 bridgehead atoms. The van der Waals surface area contributed by atoms with E-state index in [-0.39, 0.29) is 24.4 Å². The molecule has 3 aliphatic rings. The van der Waals surface area contributed by atoms with E-state index in [1.54, 1.807) is 24.0 Å². The fraction of sp³-hybridized carbons (Fsp3) is 0.300. The highest BCUT2D eigenvalue weighted by Crippen LogP contribution is 2.37. The average molecular weight is 1030 g/mol. The number of aliphatic hydroxyl groups is 3. The number of aromatic nitrogens is 2. The molecule has 3 fully saturated rings. The van der Waals surface area contributed by atoms with Gasteiger partial charge in [-0.2, -0.15) is 10.1 Å². The second kappa shape index (κ2) is 25.4. The number of hydroxylamine groups is 4. The van der Waals surface area contributed by atoms with Crippen LogP contribution >= 0.6 is 0 Å². The summed E-state index contributed by atoms with van der Waals surface area (Å²) in [5, 5.41) is 39.0. The SMILES string of the molecule is C[C@H](O)[C@@H]1ON(Cc2ccc(Oc3ccccc3)cc2)[C@@H]2C(=O)OC[C@H]12.C[C@H](O)[C@@H]1ON(Cc2ccc(Oc3ccccc3)cc2)[C@H](C(=O)NCCc2c[nH]c3ccccc23)[C@@H]1CO.NCCc1c[nH]c2ccccc12. The molecule has 3 aliphatic heterocycles. The highest BCUT2D eigenvalue weighted by Gasteiger charge is 2.54. The molecule has 11 rings (SSSR count). The summed E-state index contributed by atoms with van der Waals surface area (Å²) in [5.41, 5.74) is 12.1. The van der Waals surface area contributed by atoms with Crippen molar-refractivity contribution >= 4 is 33.7 Å². The monoisotopic (exact) mass is 1030 g/mol. The molecule has 16 heteroatoms. The van der Waals surface area contributed by atoms with Gasteiger partial charge in [-0.25, -0.2) is 0 Å². The van der Waals surface area contributed by atoms with Crippen LogP contribution < -0.4 is 20.5 Å². The van der Waals surface area contributed by atoms with E-state index in [9.17, 15) is 24.9 Å². The van der Waals surface area contributed by atoms with Crippen LogP contribution in [0.1, 0.15) is 36.1 Å². The summed E-state index contributed by atoms with van der Waals surface area (Å²) in [6, 6.07) is 49.4. The molecule has 16 nitrogen and oxygen atoms in total. The fourth-order valence-electron chi connectivity index (χ4n) is 10.0. The van der Waals surface area contributed by atoms with E-state index in [4.69, 9.17) is 29.6 Å². The maximum absolute atomic E-state index is 13.4. The molecule has 0 radical (unpaired) electrons. The number of hydrogen-bond acceptors (Lipinski definition) is 13. The molecule has 8 N–H and O–H groups in total. The normalized spacial score (nSPS) is 20.9. The summed E-state index contributed by atoms with van der Waals surface area (Å²) in [6.45, 7) is 5.19. The maximum atomic E-state index is 13.4. The van der Waals surface area contributed by atoms with Crippen molar-refractivity contribution in [3.63, 3.8) is 0 Å². The topological polar surface area (TPSA) is 217 Å². The van der Waals surface area contributed by atoms with Gasteiger partial charge in [-0.3, -0.25) is 19.3 Å². The van der Waals surface area contributed by atoms with Gasteiger partial charge in [0, 0.05) is 46.7 Å². The van der Waals surface area contributed by atoms with Gasteiger partial charge in [0.05, 0.1) is 44.4 Å². The molecule has 2 aromatic heterocycles. The number of aliphatic hydroxyl groups excluding tert-OH is 3. The average Bonchev–Trinajstić information content (AvgIpc) is 4.29. The van der Waals surface area contributed by atoms with Gasteiger partial charge >= 0.3 is 5.97 Å². The van der Waals surface area contributed by atoms with Gasteiger partial charge in [0.15, 0.2) is 0 Å². The first-order valence-corrected chi connectivity index (χ1v) is 25.8. The zero-order chi connectivity index (χ0) is 53.0. The Bertz CT molecular complexity index is 3100. The van der Waals surface area contributed by atoms with Crippen molar-refractivity contribution in [3.05, 3.63) is 192 Å². The summed E-state index contributed by atoms with van der Waals surface area (Å²) < 4.78 is 16.8. The lowest BCUT2D eigenvalue weighted by molar-refractivity contribution is -0.202. The van der Waals surface area contributed by atoms with Gasteiger partial charge in [-0.1, -0.05) is 97.1 Å². The lowest BCUT2D eigenvalue weighted by Crippen LogP contribution is -2.48. The number of aromatic amines is 2. The number of H-pyrrole nitrogens is 2. The van der Waals surface area contributed by atoms with Gasteiger partial charge in [-0.05, 0) is 116 Å². The molecular weight excluding hydrogens is 965 g/mol. The molecule has 0 saturated carbocycles. The summed E-state index contributed by atoms with van der Waals surface area (Å²) in [4.78, 5) is 43.8. The van der Waals surface area contributed by atoms with E-state index < -0.39 is 42.4 Å². The van der Waals surface area contributed by atoms with E-state index >= 15 is 0 Å². The van der Waals surface area contributed by atoms with Crippen LogP contribution in [0, 0.1) is 11.8 Å². The minimum atomic E-state index is -0.847. The number of fused-ring (bicyclic) bond motifs is 3. The first-order chi connectivity index (χ1) is 37.1. The predicted octanol–water partition coefficient (Wildman–Crippen LogP) is 7.98. The number of nitrogens with zero attached hydrogens (tertiary/aromatic N) is 2. The molecule has 5 heterocycles. The van der Waals surface area contributed by atoms with Crippen LogP contribution in [0.2, 0.25) is 0 Å². The molecule has 6 aromatic carbocycles. The summed E-state index contributed by atoms with van der Waals surface area (Å²) in [7, 11) is 0. The number of para-hydroxylation sites is 4. The number of carbonyl (C=O) groups excluding carboxylic acids is 2. The molecule has 3 saturated heterocycles. The van der Waals surface area contributed by atoms with Gasteiger partial charge in [0.1, 0.15) is 47.3 Å². The molecular formula is C60H66N6O10. The Morgan fingerprint density at radius 2 is 1.13 bits per heavy atom. The first kappa shape index (κ1) is 53.4. The summed E-state index contributed by atoms with van der Waals surface area (Å²) in [5.74, 6) is 1.73. The predicted molar refractivity (Wildman–Crippen MR) is 289 cm³/mol. The van der Waals surface area contributed by atoms with Gasteiger partial charge in [-0.15, -0.1) is 0 Å². The molecule has 76 heavy (non-hydrogen) atoms. The highest BCUT2D eigenvalue weighted by atomic mass is 16.7. The van der Waals surface area contributed by atoms with E-state index in [0.717, 1.165) is 51.3 Å². The number of nitrogens with one attached hydrogen (secondary N) is 3. The van der Waals surface area contributed by atoms with Crippen molar-refractivity contribution in [1.82, 2.24) is 25.4 Å². The van der Waals surface area contributed by atoms with Crippen molar-refractivity contribution in [2.45, 2.75) is 76.3 Å². The Balaban J connectivity index is 0.000000159. The zero-order valence-corrected chi connectivity index (χ0v) is 42.6. The second-order valence-corrected chi connectivity index (χ2v) is 19.2. The highest BCUT2D eigenvalue weighted by molar-refractivity contribution is 5.85. The third kappa shape index (κ3) is 13.0. The Labute approximate surface area is 441 Å². The Kier molecular flexibility index (Phi) is 17.9. The minimum absolute atomic E-state index is 0.136. The van der Waals surface area contributed by atoms with Gasteiger partial charge < -0.3 is 50.5 Å². The van der Waals surface area contributed by atoms with Crippen molar-refractivity contribution in [2.24, 2.45) is 17.6 Å². The van der Waals surface area contributed by atoms with Gasteiger partial charge in [0.2, 0.25) is 5.91 Å². The van der Waals surface area contributed by atoms with E-state index in [1.165, 1.54) is 16.5 Å². The third-order valence-electron chi connectivity index (χ3n) is 13.8. The van der Waals surface area contributed by atoms with Gasteiger partial charge in [0.25, 0.3) is 0 Å². The molecule has 1 amide bonds. The van der Waals surface area contributed by atoms with Crippen LogP contribution in [-0.4, -0.2) is 110 Å². The van der Waals surface area contributed by atoms with Crippen LogP contribution in [0.5, 0.6) is 23.0 Å². The van der Waals surface area contributed by atoms with Crippen molar-refractivity contribution in [2.75, 3.05) is 26.3 Å². The molecule has 0 unspecified atom stereocenters.